The van der Waals surface area contributed by atoms with E-state index in [2.05, 4.69) is 14.7 Å². The zero-order chi connectivity index (χ0) is 20.7. The fourth-order valence-electron chi connectivity index (χ4n) is 5.91. The number of carbonyl (C=O) groups is 2. The number of fused-ring (bicyclic) bond motifs is 2. The summed E-state index contributed by atoms with van der Waals surface area (Å²) < 4.78 is 5.78. The van der Waals surface area contributed by atoms with Crippen molar-refractivity contribution >= 4 is 11.8 Å². The molecule has 4 saturated heterocycles. The number of ether oxygens (including phenoxy) is 1. The maximum Gasteiger partial charge on any atom is 0.253 e. The Balaban J connectivity index is 1.29. The normalized spacial score (nSPS) is 27.6. The summed E-state index contributed by atoms with van der Waals surface area (Å²) in [4.78, 5) is 34.1. The molecule has 5 rings (SSSR count). The minimum Gasteiger partial charge on any atom is -0.378 e. The number of rotatable bonds is 2. The van der Waals surface area contributed by atoms with Gasteiger partial charge in [-0.25, -0.2) is 0 Å². The highest BCUT2D eigenvalue weighted by Gasteiger charge is 2.56. The fraction of sp³-hybridized carbons (Fsp3) is 0.652. The van der Waals surface area contributed by atoms with E-state index in [1.807, 2.05) is 35.2 Å². The summed E-state index contributed by atoms with van der Waals surface area (Å²) in [5.74, 6) is 0.320. The Kier molecular flexibility index (Phi) is 5.29. The molecule has 30 heavy (non-hydrogen) atoms. The number of nitrogens with zero attached hydrogens (tertiary/aromatic N) is 4. The lowest BCUT2D eigenvalue weighted by Crippen LogP contribution is -2.82. The van der Waals surface area contributed by atoms with Crippen LogP contribution in [0.4, 0.5) is 0 Å². The molecule has 0 aromatic heterocycles. The zero-order valence-corrected chi connectivity index (χ0v) is 17.8. The van der Waals surface area contributed by atoms with E-state index in [0.29, 0.717) is 12.6 Å². The van der Waals surface area contributed by atoms with E-state index in [1.165, 1.54) is 0 Å². The molecule has 7 heteroatoms. The number of amides is 2. The summed E-state index contributed by atoms with van der Waals surface area (Å²) in [6.45, 7) is 9.38. The Labute approximate surface area is 178 Å². The molecule has 1 aromatic rings. The molecule has 1 atom stereocenters. The van der Waals surface area contributed by atoms with Gasteiger partial charge in [0, 0.05) is 64.3 Å². The largest absolute Gasteiger partial charge is 0.378 e. The molecule has 1 unspecified atom stereocenters. The van der Waals surface area contributed by atoms with Gasteiger partial charge in [-0.2, -0.15) is 0 Å². The second kappa shape index (κ2) is 7.94. The maximum atomic E-state index is 13.2. The van der Waals surface area contributed by atoms with Crippen molar-refractivity contribution in [3.05, 3.63) is 35.9 Å². The van der Waals surface area contributed by atoms with E-state index >= 15 is 0 Å². The number of carbonyl (C=O) groups excluding carboxylic acids is 2. The number of hydrogen-bond acceptors (Lipinski definition) is 5. The minimum atomic E-state index is 0.0366. The molecule has 4 aliphatic heterocycles. The van der Waals surface area contributed by atoms with Gasteiger partial charge in [-0.15, -0.1) is 0 Å². The van der Waals surface area contributed by atoms with E-state index in [9.17, 15) is 9.59 Å². The highest BCUT2D eigenvalue weighted by Crippen LogP contribution is 2.38. The van der Waals surface area contributed by atoms with Gasteiger partial charge < -0.3 is 14.5 Å². The van der Waals surface area contributed by atoms with Crippen LogP contribution in [0.15, 0.2) is 30.3 Å². The molecule has 4 aliphatic rings. The number of piperidine rings is 1. The molecule has 0 bridgehead atoms. The Morgan fingerprint density at radius 2 is 1.70 bits per heavy atom. The van der Waals surface area contributed by atoms with Crippen LogP contribution < -0.4 is 0 Å². The van der Waals surface area contributed by atoms with Gasteiger partial charge in [-0.05, 0) is 25.0 Å². The standard InChI is InChI=1S/C23H32N4O3/c1-18(28)24-9-7-20(8-10-24)26-16-23(17-26)15-25(13-21-14-30-12-11-27(21)23)22(29)19-5-3-2-4-6-19/h2-6,20-21H,7-17H2,1H3. The summed E-state index contributed by atoms with van der Waals surface area (Å²) in [5.41, 5.74) is 0.806. The van der Waals surface area contributed by atoms with Crippen LogP contribution in [-0.4, -0.2) is 108 Å². The van der Waals surface area contributed by atoms with Crippen molar-refractivity contribution in [3.63, 3.8) is 0 Å². The molecule has 1 aromatic carbocycles. The van der Waals surface area contributed by atoms with E-state index in [-0.39, 0.29) is 23.4 Å². The molecule has 2 amide bonds. The van der Waals surface area contributed by atoms with Crippen molar-refractivity contribution in [2.75, 3.05) is 59.0 Å². The molecule has 0 radical (unpaired) electrons. The van der Waals surface area contributed by atoms with Crippen LogP contribution in [0.3, 0.4) is 0 Å². The van der Waals surface area contributed by atoms with Crippen molar-refractivity contribution in [2.45, 2.75) is 37.4 Å². The maximum absolute atomic E-state index is 13.2. The molecule has 0 saturated carbocycles. The fourth-order valence-corrected chi connectivity index (χ4v) is 5.91. The third kappa shape index (κ3) is 3.53. The first-order valence-electron chi connectivity index (χ1n) is 11.2. The van der Waals surface area contributed by atoms with Crippen LogP contribution in [0.5, 0.6) is 0 Å². The summed E-state index contributed by atoms with van der Waals surface area (Å²) in [5, 5.41) is 0. The first kappa shape index (κ1) is 20.0. The summed E-state index contributed by atoms with van der Waals surface area (Å²) in [7, 11) is 0. The third-order valence-corrected chi connectivity index (χ3v) is 7.48. The summed E-state index contributed by atoms with van der Waals surface area (Å²) >= 11 is 0. The number of morpholine rings is 1. The van der Waals surface area contributed by atoms with Gasteiger partial charge in [-0.1, -0.05) is 18.2 Å². The number of likely N-dealkylation sites (tertiary alicyclic amines) is 2. The summed E-state index contributed by atoms with van der Waals surface area (Å²) in [6.07, 6.45) is 2.10. The van der Waals surface area contributed by atoms with Gasteiger partial charge in [0.2, 0.25) is 5.91 Å². The molecule has 7 nitrogen and oxygen atoms in total. The Morgan fingerprint density at radius 1 is 0.967 bits per heavy atom. The molecule has 0 N–H and O–H groups in total. The van der Waals surface area contributed by atoms with Gasteiger partial charge in [0.25, 0.3) is 5.91 Å². The van der Waals surface area contributed by atoms with Gasteiger partial charge in [0.05, 0.1) is 24.8 Å². The van der Waals surface area contributed by atoms with E-state index < -0.39 is 0 Å². The van der Waals surface area contributed by atoms with E-state index in [1.54, 1.807) is 6.92 Å². The first-order valence-corrected chi connectivity index (χ1v) is 11.2. The SMILES string of the molecule is CC(=O)N1CCC(N2CC3(CN(C(=O)c4ccccc4)CC4COCCN43)C2)CC1. The highest BCUT2D eigenvalue weighted by atomic mass is 16.5. The Morgan fingerprint density at radius 3 is 2.40 bits per heavy atom. The van der Waals surface area contributed by atoms with Crippen LogP contribution in [0.1, 0.15) is 30.1 Å². The van der Waals surface area contributed by atoms with Gasteiger partial charge >= 0.3 is 0 Å². The van der Waals surface area contributed by atoms with Gasteiger partial charge in [0.15, 0.2) is 0 Å². The Bertz CT molecular complexity index is 787. The number of benzene rings is 1. The summed E-state index contributed by atoms with van der Waals surface area (Å²) in [6, 6.07) is 10.5. The molecular weight excluding hydrogens is 380 g/mol. The Hall–Kier alpha value is -1.96. The highest BCUT2D eigenvalue weighted by molar-refractivity contribution is 5.94. The van der Waals surface area contributed by atoms with Crippen molar-refractivity contribution < 1.29 is 14.3 Å². The quantitative estimate of drug-likeness (QED) is 0.723. The van der Waals surface area contributed by atoms with Crippen molar-refractivity contribution in [1.82, 2.24) is 19.6 Å². The molecule has 4 heterocycles. The average molecular weight is 413 g/mol. The zero-order valence-electron chi connectivity index (χ0n) is 17.8. The van der Waals surface area contributed by atoms with E-state index in [0.717, 1.165) is 70.8 Å². The lowest BCUT2D eigenvalue weighted by molar-refractivity contribution is -0.169. The smallest absolute Gasteiger partial charge is 0.253 e. The monoisotopic (exact) mass is 412 g/mol. The average Bonchev–Trinajstić information content (AvgIpc) is 2.77. The van der Waals surface area contributed by atoms with Crippen LogP contribution in [-0.2, 0) is 9.53 Å². The predicted molar refractivity (Wildman–Crippen MR) is 113 cm³/mol. The number of hydrogen-bond donors (Lipinski definition) is 0. The second-order valence-electron chi connectivity index (χ2n) is 9.34. The third-order valence-electron chi connectivity index (χ3n) is 7.48. The van der Waals surface area contributed by atoms with Crippen LogP contribution in [0.2, 0.25) is 0 Å². The van der Waals surface area contributed by atoms with Crippen molar-refractivity contribution in [3.8, 4) is 0 Å². The minimum absolute atomic E-state index is 0.0366. The number of piperazine rings is 1. The lowest BCUT2D eigenvalue weighted by Gasteiger charge is -2.65. The molecule has 1 spiro atoms. The van der Waals surface area contributed by atoms with Crippen LogP contribution in [0.25, 0.3) is 0 Å². The predicted octanol–water partition coefficient (Wildman–Crippen LogP) is 0.909. The lowest BCUT2D eigenvalue weighted by atomic mass is 9.80. The molecule has 4 fully saturated rings. The van der Waals surface area contributed by atoms with Crippen molar-refractivity contribution in [1.29, 1.82) is 0 Å². The molecular formula is C23H32N4O3. The second-order valence-corrected chi connectivity index (χ2v) is 9.34. The topological polar surface area (TPSA) is 56.3 Å². The van der Waals surface area contributed by atoms with E-state index in [4.69, 9.17) is 4.74 Å². The molecule has 0 aliphatic carbocycles. The van der Waals surface area contributed by atoms with Crippen molar-refractivity contribution in [2.24, 2.45) is 0 Å². The van der Waals surface area contributed by atoms with Gasteiger partial charge in [-0.3, -0.25) is 19.4 Å². The van der Waals surface area contributed by atoms with Gasteiger partial charge in [0.1, 0.15) is 0 Å². The van der Waals surface area contributed by atoms with Crippen LogP contribution >= 0.6 is 0 Å². The first-order chi connectivity index (χ1) is 14.6. The molecule has 162 valence electrons. The van der Waals surface area contributed by atoms with Crippen LogP contribution in [0, 0.1) is 0 Å².